The minimum Gasteiger partial charge on any atom is -0.323 e. The molecule has 0 aliphatic heterocycles. The van der Waals surface area contributed by atoms with Gasteiger partial charge in [-0.15, -0.1) is 0 Å². The van der Waals surface area contributed by atoms with Gasteiger partial charge in [0.1, 0.15) is 0 Å². The summed E-state index contributed by atoms with van der Waals surface area (Å²) in [6, 6.07) is 10.5. The maximum atomic E-state index is 6.12. The van der Waals surface area contributed by atoms with E-state index in [-0.39, 0.29) is 6.04 Å². The number of hydrogen-bond donors (Lipinski definition) is 1. The van der Waals surface area contributed by atoms with Gasteiger partial charge in [0, 0.05) is 17.0 Å². The van der Waals surface area contributed by atoms with Gasteiger partial charge in [0.25, 0.3) is 0 Å². The van der Waals surface area contributed by atoms with Crippen molar-refractivity contribution in [2.45, 2.75) is 32.1 Å². The van der Waals surface area contributed by atoms with Crippen LogP contribution in [0.2, 0.25) is 0 Å². The van der Waals surface area contributed by atoms with Crippen LogP contribution < -0.4 is 5.73 Å². The Morgan fingerprint density at radius 1 is 1.13 bits per heavy atom. The van der Waals surface area contributed by atoms with Gasteiger partial charge in [0.05, 0.1) is 0 Å². The van der Waals surface area contributed by atoms with Crippen LogP contribution in [0.15, 0.2) is 30.3 Å². The second-order valence-electron chi connectivity index (χ2n) is 4.30. The van der Waals surface area contributed by atoms with Gasteiger partial charge in [-0.2, -0.15) is 11.8 Å². The van der Waals surface area contributed by atoms with Crippen molar-refractivity contribution >= 4 is 11.8 Å². The molecule has 2 N–H and O–H groups in total. The highest BCUT2D eigenvalue weighted by Gasteiger charge is 2.11. The maximum Gasteiger partial charge on any atom is 0.0386 e. The number of benzene rings is 1. The summed E-state index contributed by atoms with van der Waals surface area (Å²) < 4.78 is 0. The highest BCUT2D eigenvalue weighted by molar-refractivity contribution is 7.99. The van der Waals surface area contributed by atoms with Gasteiger partial charge >= 0.3 is 0 Å². The average molecular weight is 223 g/mol. The molecule has 0 aliphatic carbocycles. The van der Waals surface area contributed by atoms with Crippen molar-refractivity contribution in [3.8, 4) is 0 Å². The lowest BCUT2D eigenvalue weighted by atomic mass is 10.1. The smallest absolute Gasteiger partial charge is 0.0386 e. The zero-order chi connectivity index (χ0) is 11.3. The molecule has 0 saturated carbocycles. The summed E-state index contributed by atoms with van der Waals surface area (Å²) in [6.07, 6.45) is 0. The zero-order valence-electron chi connectivity index (χ0n) is 9.81. The number of thioether (sulfide) groups is 1. The highest BCUT2D eigenvalue weighted by atomic mass is 32.2. The molecule has 2 atom stereocenters. The second-order valence-corrected chi connectivity index (χ2v) is 5.71. The first-order chi connectivity index (χ1) is 7.11. The molecule has 0 heterocycles. The van der Waals surface area contributed by atoms with Crippen LogP contribution >= 0.6 is 11.8 Å². The molecule has 0 aliphatic rings. The highest BCUT2D eigenvalue weighted by Crippen LogP contribution is 2.23. The summed E-state index contributed by atoms with van der Waals surface area (Å²) in [5.74, 6) is 1.72. The van der Waals surface area contributed by atoms with Crippen LogP contribution in [0.5, 0.6) is 0 Å². The molecule has 2 unspecified atom stereocenters. The topological polar surface area (TPSA) is 26.0 Å². The van der Waals surface area contributed by atoms with Gasteiger partial charge in [0.15, 0.2) is 0 Å². The van der Waals surface area contributed by atoms with E-state index in [1.165, 1.54) is 5.56 Å². The lowest BCUT2D eigenvalue weighted by Gasteiger charge is -2.18. The molecule has 0 saturated heterocycles. The van der Waals surface area contributed by atoms with Gasteiger partial charge in [-0.05, 0) is 11.5 Å². The monoisotopic (exact) mass is 223 g/mol. The third-order valence-electron chi connectivity index (χ3n) is 2.71. The Labute approximate surface area is 97.4 Å². The number of nitrogens with two attached hydrogens (primary N) is 1. The molecular formula is C13H21NS. The van der Waals surface area contributed by atoms with Crippen LogP contribution in [0, 0.1) is 5.92 Å². The first-order valence-electron chi connectivity index (χ1n) is 5.53. The Bertz CT molecular complexity index is 271. The zero-order valence-corrected chi connectivity index (χ0v) is 10.6. The van der Waals surface area contributed by atoms with E-state index < -0.39 is 0 Å². The number of hydrogen-bond acceptors (Lipinski definition) is 2. The summed E-state index contributed by atoms with van der Waals surface area (Å²) in [5, 5.41) is 0.680. The Hall–Kier alpha value is -0.470. The van der Waals surface area contributed by atoms with Crippen molar-refractivity contribution in [1.29, 1.82) is 0 Å². The van der Waals surface area contributed by atoms with Gasteiger partial charge in [0.2, 0.25) is 0 Å². The Morgan fingerprint density at radius 2 is 1.73 bits per heavy atom. The van der Waals surface area contributed by atoms with Crippen LogP contribution in [-0.4, -0.2) is 11.0 Å². The molecule has 0 aromatic heterocycles. The molecule has 0 amide bonds. The van der Waals surface area contributed by atoms with E-state index in [0.717, 1.165) is 11.7 Å². The van der Waals surface area contributed by atoms with E-state index in [1.54, 1.807) is 0 Å². The molecule has 1 aromatic rings. The lowest BCUT2D eigenvalue weighted by Crippen LogP contribution is -2.16. The van der Waals surface area contributed by atoms with Crippen LogP contribution in [-0.2, 0) is 0 Å². The summed E-state index contributed by atoms with van der Waals surface area (Å²) in [4.78, 5) is 0. The minimum absolute atomic E-state index is 0.164. The molecule has 0 bridgehead atoms. The van der Waals surface area contributed by atoms with E-state index in [2.05, 4.69) is 32.9 Å². The quantitative estimate of drug-likeness (QED) is 0.827. The fourth-order valence-corrected chi connectivity index (χ4v) is 2.33. The van der Waals surface area contributed by atoms with Gasteiger partial charge in [-0.3, -0.25) is 0 Å². The van der Waals surface area contributed by atoms with E-state index >= 15 is 0 Å². The third-order valence-corrected chi connectivity index (χ3v) is 4.33. The van der Waals surface area contributed by atoms with Crippen LogP contribution in [0.25, 0.3) is 0 Å². The molecule has 15 heavy (non-hydrogen) atoms. The minimum atomic E-state index is 0.164. The first-order valence-corrected chi connectivity index (χ1v) is 6.58. The Balaban J connectivity index is 2.40. The Kier molecular flexibility index (Phi) is 5.20. The van der Waals surface area contributed by atoms with Crippen molar-refractivity contribution in [2.75, 3.05) is 5.75 Å². The SMILES string of the molecule is CC(C)C(C)SCC(N)c1ccccc1. The maximum absolute atomic E-state index is 6.12. The van der Waals surface area contributed by atoms with Crippen molar-refractivity contribution in [3.63, 3.8) is 0 Å². The molecule has 0 fully saturated rings. The molecule has 1 nitrogen and oxygen atoms in total. The van der Waals surface area contributed by atoms with E-state index in [4.69, 9.17) is 5.73 Å². The standard InChI is InChI=1S/C13H21NS/c1-10(2)11(3)15-9-13(14)12-7-5-4-6-8-12/h4-8,10-11,13H,9,14H2,1-3H3. The third kappa shape index (κ3) is 4.27. The van der Waals surface area contributed by atoms with E-state index in [0.29, 0.717) is 5.25 Å². The first kappa shape index (κ1) is 12.6. The molecule has 0 spiro atoms. The van der Waals surface area contributed by atoms with Gasteiger partial charge in [-0.1, -0.05) is 51.1 Å². The lowest BCUT2D eigenvalue weighted by molar-refractivity contribution is 0.640. The van der Waals surface area contributed by atoms with Crippen LogP contribution in [0.3, 0.4) is 0 Å². The average Bonchev–Trinajstić information content (AvgIpc) is 2.26. The van der Waals surface area contributed by atoms with Gasteiger partial charge < -0.3 is 5.73 Å². The largest absolute Gasteiger partial charge is 0.323 e. The predicted octanol–water partition coefficient (Wildman–Crippen LogP) is 3.46. The van der Waals surface area contributed by atoms with E-state index in [1.807, 2.05) is 30.0 Å². The summed E-state index contributed by atoms with van der Waals surface area (Å²) in [5.41, 5.74) is 7.36. The van der Waals surface area contributed by atoms with Gasteiger partial charge in [-0.25, -0.2) is 0 Å². The van der Waals surface area contributed by atoms with Crippen molar-refractivity contribution in [2.24, 2.45) is 11.7 Å². The van der Waals surface area contributed by atoms with Crippen LogP contribution in [0.1, 0.15) is 32.4 Å². The Morgan fingerprint density at radius 3 is 2.27 bits per heavy atom. The summed E-state index contributed by atoms with van der Waals surface area (Å²) in [6.45, 7) is 6.78. The molecule has 2 heteroatoms. The van der Waals surface area contributed by atoms with Crippen LogP contribution in [0.4, 0.5) is 0 Å². The molecule has 1 rings (SSSR count). The fraction of sp³-hybridized carbons (Fsp3) is 0.538. The van der Waals surface area contributed by atoms with Crippen molar-refractivity contribution < 1.29 is 0 Å². The molecule has 1 aromatic carbocycles. The molecular weight excluding hydrogens is 202 g/mol. The number of rotatable bonds is 5. The van der Waals surface area contributed by atoms with Crippen molar-refractivity contribution in [1.82, 2.24) is 0 Å². The summed E-state index contributed by atoms with van der Waals surface area (Å²) >= 11 is 1.96. The van der Waals surface area contributed by atoms with Crippen molar-refractivity contribution in [3.05, 3.63) is 35.9 Å². The second kappa shape index (κ2) is 6.19. The molecule has 84 valence electrons. The molecule has 0 radical (unpaired) electrons. The normalized spacial score (nSPS) is 15.3. The van der Waals surface area contributed by atoms with E-state index in [9.17, 15) is 0 Å². The fourth-order valence-electron chi connectivity index (χ4n) is 1.24. The summed E-state index contributed by atoms with van der Waals surface area (Å²) in [7, 11) is 0. The predicted molar refractivity (Wildman–Crippen MR) is 70.1 cm³/mol.